The molecule has 0 radical (unpaired) electrons. The molecule has 1 aliphatic heterocycles. The smallest absolute Gasteiger partial charge is 0.282 e. The summed E-state index contributed by atoms with van der Waals surface area (Å²) in [6.07, 6.45) is 1.58. The lowest BCUT2D eigenvalue weighted by Gasteiger charge is -2.14. The van der Waals surface area contributed by atoms with Crippen molar-refractivity contribution in [1.82, 2.24) is 9.58 Å². The standard InChI is InChI=1S/C23H22N4O2/c1-15-13-17(16(2)26(15)19-11-9-18(10-12-19)25(3)4)14-24-27-22(28)20-7-5-6-8-21(20)23(27)29/h5-14H,1-4H3/b24-14+. The van der Waals surface area contributed by atoms with Gasteiger partial charge < -0.3 is 9.47 Å². The van der Waals surface area contributed by atoms with Crippen molar-refractivity contribution in [2.24, 2.45) is 5.10 Å². The summed E-state index contributed by atoms with van der Waals surface area (Å²) in [5, 5.41) is 5.14. The molecule has 29 heavy (non-hydrogen) atoms. The minimum Gasteiger partial charge on any atom is -0.378 e. The van der Waals surface area contributed by atoms with Crippen LogP contribution in [0.2, 0.25) is 0 Å². The van der Waals surface area contributed by atoms with Crippen molar-refractivity contribution in [1.29, 1.82) is 0 Å². The van der Waals surface area contributed by atoms with Gasteiger partial charge in [-0.2, -0.15) is 10.1 Å². The predicted molar refractivity (Wildman–Crippen MR) is 114 cm³/mol. The zero-order chi connectivity index (χ0) is 20.7. The van der Waals surface area contributed by atoms with Crippen LogP contribution in [0.3, 0.4) is 0 Å². The van der Waals surface area contributed by atoms with E-state index in [-0.39, 0.29) is 0 Å². The van der Waals surface area contributed by atoms with Crippen molar-refractivity contribution >= 4 is 23.7 Å². The van der Waals surface area contributed by atoms with E-state index in [1.807, 2.05) is 34.0 Å². The highest BCUT2D eigenvalue weighted by Crippen LogP contribution is 2.24. The van der Waals surface area contributed by atoms with E-state index in [0.29, 0.717) is 11.1 Å². The average Bonchev–Trinajstić information content (AvgIpc) is 3.13. The van der Waals surface area contributed by atoms with Gasteiger partial charge in [0.05, 0.1) is 17.3 Å². The molecule has 0 saturated carbocycles. The molecular formula is C23H22N4O2. The molecule has 1 aromatic heterocycles. The van der Waals surface area contributed by atoms with Gasteiger partial charge >= 0.3 is 0 Å². The fourth-order valence-electron chi connectivity index (χ4n) is 3.62. The fraction of sp³-hybridized carbons (Fsp3) is 0.174. The number of hydrogen-bond donors (Lipinski definition) is 0. The number of carbonyl (C=O) groups excluding carboxylic acids is 2. The van der Waals surface area contributed by atoms with E-state index >= 15 is 0 Å². The second-order valence-electron chi connectivity index (χ2n) is 7.28. The Labute approximate surface area is 169 Å². The Balaban J connectivity index is 1.64. The minimum atomic E-state index is -0.394. The summed E-state index contributed by atoms with van der Waals surface area (Å²) in [7, 11) is 4.02. The normalized spacial score (nSPS) is 13.4. The summed E-state index contributed by atoms with van der Waals surface area (Å²) in [5.74, 6) is -0.787. The molecule has 6 heteroatoms. The second kappa shape index (κ2) is 7.05. The monoisotopic (exact) mass is 386 g/mol. The molecule has 2 heterocycles. The summed E-state index contributed by atoms with van der Waals surface area (Å²) in [4.78, 5) is 27.0. The van der Waals surface area contributed by atoms with Gasteiger partial charge in [-0.1, -0.05) is 12.1 Å². The topological polar surface area (TPSA) is 57.9 Å². The molecule has 146 valence electrons. The number of rotatable bonds is 4. The number of amides is 2. The van der Waals surface area contributed by atoms with Crippen LogP contribution in [0, 0.1) is 13.8 Å². The molecule has 6 nitrogen and oxygen atoms in total. The number of hydrogen-bond acceptors (Lipinski definition) is 4. The van der Waals surface area contributed by atoms with Crippen LogP contribution in [0.15, 0.2) is 59.7 Å². The molecule has 0 saturated heterocycles. The Kier molecular flexibility index (Phi) is 4.54. The molecule has 0 atom stereocenters. The molecule has 0 bridgehead atoms. The minimum absolute atomic E-state index is 0.390. The maximum Gasteiger partial charge on any atom is 0.282 e. The molecule has 1 aliphatic rings. The van der Waals surface area contributed by atoms with E-state index in [1.165, 1.54) is 0 Å². The van der Waals surface area contributed by atoms with E-state index in [4.69, 9.17) is 0 Å². The van der Waals surface area contributed by atoms with Crippen molar-refractivity contribution in [3.05, 3.63) is 82.7 Å². The fourth-order valence-corrected chi connectivity index (χ4v) is 3.62. The number of fused-ring (bicyclic) bond motifs is 1. The van der Waals surface area contributed by atoms with Gasteiger partial charge in [-0.3, -0.25) is 9.59 Å². The maximum atomic E-state index is 12.5. The Bertz CT molecular complexity index is 1110. The van der Waals surface area contributed by atoms with Gasteiger partial charge in [0.1, 0.15) is 0 Å². The summed E-state index contributed by atoms with van der Waals surface area (Å²) in [6.45, 7) is 4.02. The van der Waals surface area contributed by atoms with Gasteiger partial charge in [-0.15, -0.1) is 0 Å². The first-order valence-corrected chi connectivity index (χ1v) is 9.37. The number of benzene rings is 2. The average molecular weight is 386 g/mol. The van der Waals surface area contributed by atoms with Crippen LogP contribution in [0.1, 0.15) is 37.7 Å². The van der Waals surface area contributed by atoms with Crippen molar-refractivity contribution in [3.63, 3.8) is 0 Å². The van der Waals surface area contributed by atoms with Gasteiger partial charge in [0, 0.05) is 42.4 Å². The number of nitrogens with zero attached hydrogens (tertiary/aromatic N) is 4. The summed E-state index contributed by atoms with van der Waals surface area (Å²) in [6, 6.07) is 17.1. The quantitative estimate of drug-likeness (QED) is 0.506. The highest BCUT2D eigenvalue weighted by Gasteiger charge is 2.35. The van der Waals surface area contributed by atoms with E-state index < -0.39 is 11.8 Å². The zero-order valence-corrected chi connectivity index (χ0v) is 16.9. The number of carbonyl (C=O) groups is 2. The van der Waals surface area contributed by atoms with Crippen LogP contribution in [0.5, 0.6) is 0 Å². The van der Waals surface area contributed by atoms with E-state index in [0.717, 1.165) is 33.3 Å². The molecule has 2 amide bonds. The number of anilines is 1. The number of imide groups is 1. The highest BCUT2D eigenvalue weighted by atomic mass is 16.2. The molecule has 0 aliphatic carbocycles. The van der Waals surface area contributed by atoms with E-state index in [9.17, 15) is 9.59 Å². The molecular weight excluding hydrogens is 364 g/mol. The predicted octanol–water partition coefficient (Wildman–Crippen LogP) is 3.79. The zero-order valence-electron chi connectivity index (χ0n) is 16.9. The first-order valence-electron chi connectivity index (χ1n) is 9.37. The molecule has 4 rings (SSSR count). The summed E-state index contributed by atoms with van der Waals surface area (Å²) in [5.41, 5.74) is 5.84. The van der Waals surface area contributed by atoms with Gasteiger partial charge in [-0.05, 0) is 56.3 Å². The number of hydrazone groups is 1. The molecule has 0 fully saturated rings. The lowest BCUT2D eigenvalue weighted by Crippen LogP contribution is -2.24. The summed E-state index contributed by atoms with van der Waals surface area (Å²) >= 11 is 0. The Morgan fingerprint density at radius 1 is 0.897 bits per heavy atom. The van der Waals surface area contributed by atoms with Crippen LogP contribution >= 0.6 is 0 Å². The van der Waals surface area contributed by atoms with Crippen LogP contribution in [-0.2, 0) is 0 Å². The molecule has 0 unspecified atom stereocenters. The third-order valence-corrected chi connectivity index (χ3v) is 5.18. The van der Waals surface area contributed by atoms with Crippen LogP contribution < -0.4 is 4.90 Å². The Hall–Kier alpha value is -3.67. The molecule has 3 aromatic rings. The molecule has 2 aromatic carbocycles. The van der Waals surface area contributed by atoms with Crippen molar-refractivity contribution in [2.45, 2.75) is 13.8 Å². The van der Waals surface area contributed by atoms with Gasteiger partial charge in [0.25, 0.3) is 11.8 Å². The maximum absolute atomic E-state index is 12.5. The lowest BCUT2D eigenvalue weighted by atomic mass is 10.1. The molecule has 0 spiro atoms. The SMILES string of the molecule is Cc1cc(/C=N/N2C(=O)c3ccccc3C2=O)c(C)n1-c1ccc(N(C)C)cc1. The number of aromatic nitrogens is 1. The van der Waals surface area contributed by atoms with Gasteiger partial charge in [0.15, 0.2) is 0 Å². The van der Waals surface area contributed by atoms with Gasteiger partial charge in [0.2, 0.25) is 0 Å². The van der Waals surface area contributed by atoms with Crippen molar-refractivity contribution in [3.8, 4) is 5.69 Å². The third-order valence-electron chi connectivity index (χ3n) is 5.18. The first-order chi connectivity index (χ1) is 13.9. The highest BCUT2D eigenvalue weighted by molar-refractivity contribution is 6.21. The van der Waals surface area contributed by atoms with E-state index in [2.05, 4.69) is 38.8 Å². The van der Waals surface area contributed by atoms with Crippen molar-refractivity contribution < 1.29 is 9.59 Å². The van der Waals surface area contributed by atoms with Gasteiger partial charge in [-0.25, -0.2) is 0 Å². The second-order valence-corrected chi connectivity index (χ2v) is 7.28. The van der Waals surface area contributed by atoms with Crippen LogP contribution in [0.25, 0.3) is 5.69 Å². The summed E-state index contributed by atoms with van der Waals surface area (Å²) < 4.78 is 2.13. The van der Waals surface area contributed by atoms with Crippen LogP contribution in [-0.4, -0.2) is 41.7 Å². The Morgan fingerprint density at radius 3 is 2.03 bits per heavy atom. The number of aryl methyl sites for hydroxylation is 1. The third kappa shape index (κ3) is 3.12. The largest absolute Gasteiger partial charge is 0.378 e. The lowest BCUT2D eigenvalue weighted by molar-refractivity contribution is 0.0660. The molecule has 0 N–H and O–H groups in total. The van der Waals surface area contributed by atoms with E-state index in [1.54, 1.807) is 30.5 Å². The van der Waals surface area contributed by atoms with Crippen LogP contribution in [0.4, 0.5) is 5.69 Å². The Morgan fingerprint density at radius 2 is 1.48 bits per heavy atom. The first kappa shape index (κ1) is 18.7. The van der Waals surface area contributed by atoms with Crippen molar-refractivity contribution in [2.75, 3.05) is 19.0 Å².